The van der Waals surface area contributed by atoms with E-state index in [0.717, 1.165) is 12.8 Å². The van der Waals surface area contributed by atoms with Crippen molar-refractivity contribution in [2.45, 2.75) is 38.4 Å². The van der Waals surface area contributed by atoms with Gasteiger partial charge < -0.3 is 4.74 Å². The van der Waals surface area contributed by atoms with Gasteiger partial charge in [0.25, 0.3) is 0 Å². The number of carbonyl (C=O) groups excluding carboxylic acids is 1. The molecule has 0 radical (unpaired) electrons. The van der Waals surface area contributed by atoms with Gasteiger partial charge in [-0.3, -0.25) is 9.69 Å². The second kappa shape index (κ2) is 6.75. The Balaban J connectivity index is 2.72. The van der Waals surface area contributed by atoms with Gasteiger partial charge in [0.1, 0.15) is 6.04 Å². The summed E-state index contributed by atoms with van der Waals surface area (Å²) in [5.41, 5.74) is 0. The van der Waals surface area contributed by atoms with E-state index in [4.69, 9.17) is 10.00 Å². The smallest absolute Gasteiger partial charge is 0.405 e. The number of nitrogens with zero attached hydrogens (tertiary/aromatic N) is 2. The van der Waals surface area contributed by atoms with Crippen LogP contribution in [0.2, 0.25) is 0 Å². The number of rotatable bonds is 4. The van der Waals surface area contributed by atoms with Crippen molar-refractivity contribution in [3.63, 3.8) is 0 Å². The lowest BCUT2D eigenvalue weighted by Crippen LogP contribution is -2.49. The average Bonchev–Trinajstić information content (AvgIpc) is 2.35. The van der Waals surface area contributed by atoms with Crippen LogP contribution in [0.3, 0.4) is 0 Å². The molecule has 1 aliphatic heterocycles. The van der Waals surface area contributed by atoms with Crippen LogP contribution in [-0.4, -0.2) is 42.8 Å². The van der Waals surface area contributed by atoms with E-state index in [9.17, 15) is 18.0 Å². The van der Waals surface area contributed by atoms with Gasteiger partial charge in [-0.05, 0) is 26.3 Å². The van der Waals surface area contributed by atoms with Crippen molar-refractivity contribution in [3.8, 4) is 6.07 Å². The zero-order valence-corrected chi connectivity index (χ0v) is 10.7. The van der Waals surface area contributed by atoms with E-state index in [-0.39, 0.29) is 6.61 Å². The normalized spacial score (nSPS) is 22.6. The summed E-state index contributed by atoms with van der Waals surface area (Å²) in [7, 11) is 0. The third kappa shape index (κ3) is 4.39. The van der Waals surface area contributed by atoms with Gasteiger partial charge in [-0.1, -0.05) is 6.42 Å². The summed E-state index contributed by atoms with van der Waals surface area (Å²) in [6.45, 7) is 1.77. The molecule has 0 amide bonds. The first kappa shape index (κ1) is 15.8. The van der Waals surface area contributed by atoms with E-state index in [2.05, 4.69) is 0 Å². The summed E-state index contributed by atoms with van der Waals surface area (Å²) in [5, 5.41) is 8.61. The van der Waals surface area contributed by atoms with Crippen LogP contribution in [0.15, 0.2) is 0 Å². The minimum absolute atomic E-state index is 0.199. The first-order valence-corrected chi connectivity index (χ1v) is 6.27. The topological polar surface area (TPSA) is 53.3 Å². The molecular formula is C12H17F3N2O2. The Morgan fingerprint density at radius 1 is 1.53 bits per heavy atom. The van der Waals surface area contributed by atoms with Crippen molar-refractivity contribution in [1.82, 2.24) is 4.90 Å². The Morgan fingerprint density at radius 3 is 2.74 bits per heavy atom. The molecule has 0 aromatic heterocycles. The van der Waals surface area contributed by atoms with Crippen molar-refractivity contribution in [1.29, 1.82) is 5.26 Å². The molecule has 1 rings (SSSR count). The van der Waals surface area contributed by atoms with Gasteiger partial charge >= 0.3 is 12.1 Å². The second-order valence-corrected chi connectivity index (χ2v) is 4.48. The third-order valence-corrected chi connectivity index (χ3v) is 3.14. The van der Waals surface area contributed by atoms with Gasteiger partial charge in [-0.2, -0.15) is 18.4 Å². The predicted octanol–water partition coefficient (Wildman–Crippen LogP) is 2.11. The molecule has 108 valence electrons. The van der Waals surface area contributed by atoms with Crippen molar-refractivity contribution in [2.24, 2.45) is 5.92 Å². The molecule has 1 aliphatic rings. The number of likely N-dealkylation sites (tertiary alicyclic amines) is 1. The van der Waals surface area contributed by atoms with Crippen LogP contribution >= 0.6 is 0 Å². The lowest BCUT2D eigenvalue weighted by atomic mass is 10.00. The molecule has 0 bridgehead atoms. The molecule has 0 spiro atoms. The molecule has 0 aromatic rings. The zero-order valence-electron chi connectivity index (χ0n) is 10.7. The number of piperidine rings is 1. The van der Waals surface area contributed by atoms with Gasteiger partial charge in [-0.25, -0.2) is 0 Å². The van der Waals surface area contributed by atoms with Gasteiger partial charge in [0, 0.05) is 6.54 Å². The van der Waals surface area contributed by atoms with E-state index in [1.807, 2.05) is 0 Å². The van der Waals surface area contributed by atoms with E-state index >= 15 is 0 Å². The van der Waals surface area contributed by atoms with Gasteiger partial charge in [-0.15, -0.1) is 0 Å². The van der Waals surface area contributed by atoms with E-state index < -0.39 is 30.7 Å². The number of hydrogen-bond donors (Lipinski definition) is 0. The molecule has 0 N–H and O–H groups in total. The number of hydrogen-bond acceptors (Lipinski definition) is 4. The summed E-state index contributed by atoms with van der Waals surface area (Å²) >= 11 is 0. The minimum atomic E-state index is -4.56. The molecule has 2 unspecified atom stereocenters. The highest BCUT2D eigenvalue weighted by molar-refractivity contribution is 5.75. The maximum absolute atomic E-state index is 12.6. The largest absolute Gasteiger partial charge is 0.465 e. The monoisotopic (exact) mass is 278 g/mol. The molecule has 1 fully saturated rings. The number of esters is 1. The lowest BCUT2D eigenvalue weighted by molar-refractivity contribution is -0.170. The van der Waals surface area contributed by atoms with Gasteiger partial charge in [0.2, 0.25) is 0 Å². The number of carbonyl (C=O) groups is 1. The standard InChI is InChI=1S/C12H17F3N2O2/c1-2-19-11(18)10-5-3-4-6-17(10)8-9(7-16)12(13,14)15/h9-10H,2-6,8H2,1H3. The minimum Gasteiger partial charge on any atom is -0.465 e. The summed E-state index contributed by atoms with van der Waals surface area (Å²) < 4.78 is 42.6. The van der Waals surface area contributed by atoms with Crippen LogP contribution in [0.25, 0.3) is 0 Å². The van der Waals surface area contributed by atoms with Crippen molar-refractivity contribution < 1.29 is 22.7 Å². The first-order valence-electron chi connectivity index (χ1n) is 6.27. The molecule has 1 saturated heterocycles. The first-order chi connectivity index (χ1) is 8.90. The molecular weight excluding hydrogens is 261 g/mol. The Morgan fingerprint density at radius 2 is 2.21 bits per heavy atom. The van der Waals surface area contributed by atoms with Crippen LogP contribution in [0.4, 0.5) is 13.2 Å². The fourth-order valence-corrected chi connectivity index (χ4v) is 2.17. The molecule has 19 heavy (non-hydrogen) atoms. The summed E-state index contributed by atoms with van der Waals surface area (Å²) in [5.74, 6) is -2.57. The second-order valence-electron chi connectivity index (χ2n) is 4.48. The summed E-state index contributed by atoms with van der Waals surface area (Å²) in [6, 6.07) is 0.602. The fraction of sp³-hybridized carbons (Fsp3) is 0.833. The summed E-state index contributed by atoms with van der Waals surface area (Å²) in [4.78, 5) is 13.1. The number of nitriles is 1. The quantitative estimate of drug-likeness (QED) is 0.739. The van der Waals surface area contributed by atoms with Crippen LogP contribution in [0.5, 0.6) is 0 Å². The third-order valence-electron chi connectivity index (χ3n) is 3.14. The number of halogens is 3. The van der Waals surface area contributed by atoms with E-state index in [0.29, 0.717) is 13.0 Å². The van der Waals surface area contributed by atoms with Gasteiger partial charge in [0.05, 0.1) is 12.7 Å². The molecule has 0 aromatic carbocycles. The zero-order chi connectivity index (χ0) is 14.5. The molecule has 7 heteroatoms. The van der Waals surface area contributed by atoms with Crippen LogP contribution < -0.4 is 0 Å². The predicted molar refractivity (Wildman–Crippen MR) is 61.0 cm³/mol. The molecule has 2 atom stereocenters. The Labute approximate surface area is 110 Å². The molecule has 0 aliphatic carbocycles. The van der Waals surface area contributed by atoms with Crippen LogP contribution in [0, 0.1) is 17.2 Å². The van der Waals surface area contributed by atoms with Crippen molar-refractivity contribution >= 4 is 5.97 Å². The maximum Gasteiger partial charge on any atom is 0.405 e. The lowest BCUT2D eigenvalue weighted by Gasteiger charge is -2.35. The van der Waals surface area contributed by atoms with E-state index in [1.54, 1.807) is 6.92 Å². The highest BCUT2D eigenvalue weighted by Crippen LogP contribution is 2.29. The molecule has 1 heterocycles. The maximum atomic E-state index is 12.6. The Kier molecular flexibility index (Phi) is 5.60. The average molecular weight is 278 g/mol. The van der Waals surface area contributed by atoms with Crippen molar-refractivity contribution in [2.75, 3.05) is 19.7 Å². The molecule has 4 nitrogen and oxygen atoms in total. The van der Waals surface area contributed by atoms with Gasteiger partial charge in [0.15, 0.2) is 5.92 Å². The summed E-state index contributed by atoms with van der Waals surface area (Å²) in [6.07, 6.45) is -2.57. The van der Waals surface area contributed by atoms with E-state index in [1.165, 1.54) is 11.0 Å². The highest BCUT2D eigenvalue weighted by Gasteiger charge is 2.43. The fourth-order valence-electron chi connectivity index (χ4n) is 2.17. The molecule has 0 saturated carbocycles. The van der Waals surface area contributed by atoms with Crippen molar-refractivity contribution in [3.05, 3.63) is 0 Å². The Bertz CT molecular complexity index is 352. The SMILES string of the molecule is CCOC(=O)C1CCCCN1CC(C#N)C(F)(F)F. The number of ether oxygens (including phenoxy) is 1. The Hall–Kier alpha value is -1.29. The number of alkyl halides is 3. The van der Waals surface area contributed by atoms with Crippen LogP contribution in [0.1, 0.15) is 26.2 Å². The van der Waals surface area contributed by atoms with Crippen LogP contribution in [-0.2, 0) is 9.53 Å². The highest BCUT2D eigenvalue weighted by atomic mass is 19.4.